The highest BCUT2D eigenvalue weighted by molar-refractivity contribution is 5.87. The first-order chi connectivity index (χ1) is 15.4. The van der Waals surface area contributed by atoms with Gasteiger partial charge in [0, 0.05) is 12.1 Å². The van der Waals surface area contributed by atoms with Gasteiger partial charge in [0.05, 0.1) is 6.61 Å². The Morgan fingerprint density at radius 2 is 1.50 bits per heavy atom. The average molecular weight is 431 g/mol. The molecule has 0 saturated carbocycles. The van der Waals surface area contributed by atoms with Crippen LogP contribution in [0.25, 0.3) is 22.4 Å². The first kappa shape index (κ1) is 21.4. The van der Waals surface area contributed by atoms with E-state index in [-0.39, 0.29) is 29.3 Å². The van der Waals surface area contributed by atoms with Crippen LogP contribution in [0.3, 0.4) is 0 Å². The minimum atomic E-state index is -0.183. The number of fused-ring (bicyclic) bond motifs is 1. The van der Waals surface area contributed by atoms with E-state index in [9.17, 15) is 0 Å². The zero-order valence-electron chi connectivity index (χ0n) is 18.1. The maximum absolute atomic E-state index is 6.24. The van der Waals surface area contributed by atoms with Gasteiger partial charge in [-0.1, -0.05) is 54.6 Å². The molecule has 4 rings (SSSR count). The van der Waals surface area contributed by atoms with Crippen molar-refractivity contribution < 1.29 is 4.74 Å². The lowest BCUT2D eigenvalue weighted by Crippen LogP contribution is -2.20. The van der Waals surface area contributed by atoms with Crippen molar-refractivity contribution in [2.24, 2.45) is 0 Å². The molecule has 1 unspecified atom stereocenters. The van der Waals surface area contributed by atoms with Crippen molar-refractivity contribution in [1.82, 2.24) is 24.8 Å². The van der Waals surface area contributed by atoms with Crippen LogP contribution >= 0.6 is 0 Å². The number of anilines is 3. The van der Waals surface area contributed by atoms with Crippen molar-refractivity contribution in [3.05, 3.63) is 65.7 Å². The molecular weight excluding hydrogens is 404 g/mol. The van der Waals surface area contributed by atoms with E-state index in [4.69, 9.17) is 21.9 Å². The summed E-state index contributed by atoms with van der Waals surface area (Å²) in [6.07, 6.45) is -0.183. The molecule has 0 spiro atoms. The molecule has 0 aliphatic rings. The largest absolute Gasteiger partial charge is 0.382 e. The molecule has 0 amide bonds. The van der Waals surface area contributed by atoms with Crippen LogP contribution < -0.4 is 17.2 Å². The fourth-order valence-corrected chi connectivity index (χ4v) is 3.39. The third-order valence-electron chi connectivity index (χ3n) is 5.01. The molecule has 2 heterocycles. The molecule has 4 aromatic rings. The van der Waals surface area contributed by atoms with Crippen molar-refractivity contribution in [3.8, 4) is 11.3 Å². The van der Waals surface area contributed by atoms with E-state index in [1.807, 2.05) is 56.6 Å². The third kappa shape index (κ3) is 4.58. The number of nitrogen functional groups attached to an aromatic ring is 3. The smallest absolute Gasteiger partial charge is 0.224 e. The van der Waals surface area contributed by atoms with Crippen LogP contribution in [0.5, 0.6) is 0 Å². The number of nitrogens with two attached hydrogens (primary N) is 3. The van der Waals surface area contributed by atoms with Crippen molar-refractivity contribution in [2.45, 2.75) is 6.10 Å². The second-order valence-corrected chi connectivity index (χ2v) is 7.68. The summed E-state index contributed by atoms with van der Waals surface area (Å²) in [5.74, 6) is 0.433. The van der Waals surface area contributed by atoms with E-state index in [1.165, 1.54) is 0 Å². The van der Waals surface area contributed by atoms with Gasteiger partial charge in [0.1, 0.15) is 11.8 Å². The molecule has 0 radical (unpaired) electrons. The fourth-order valence-electron chi connectivity index (χ4n) is 3.39. The van der Waals surface area contributed by atoms with Crippen LogP contribution in [0, 0.1) is 0 Å². The molecule has 0 bridgehead atoms. The summed E-state index contributed by atoms with van der Waals surface area (Å²) >= 11 is 0. The lowest BCUT2D eigenvalue weighted by atomic mass is 9.99. The number of nitrogens with zero attached hydrogens (tertiary/aromatic N) is 5. The third-order valence-corrected chi connectivity index (χ3v) is 5.01. The summed E-state index contributed by atoms with van der Waals surface area (Å²) in [7, 11) is 4.05. The molecule has 164 valence electrons. The molecule has 6 N–H and O–H groups in total. The van der Waals surface area contributed by atoms with Crippen LogP contribution in [-0.2, 0) is 4.74 Å². The van der Waals surface area contributed by atoms with E-state index in [0.29, 0.717) is 17.8 Å². The molecular formula is C23H26N8O. The van der Waals surface area contributed by atoms with Crippen LogP contribution in [-0.4, -0.2) is 52.1 Å². The maximum atomic E-state index is 6.24. The van der Waals surface area contributed by atoms with Crippen LogP contribution in [0.4, 0.5) is 17.6 Å². The molecule has 9 heteroatoms. The standard InChI is InChI=1S/C23H26N8O/c1-31(2)12-13-32-19(15-6-4-3-5-7-15)16-10-8-14(9-11-16)17-20(24)28-22-18(27-17)21(25)29-23(26)30-22/h3-11,19H,12-13H2,1-2H3,(H6,24,25,26,28,29,30). The number of aromatic nitrogens is 4. The highest BCUT2D eigenvalue weighted by atomic mass is 16.5. The normalized spacial score (nSPS) is 12.3. The molecule has 32 heavy (non-hydrogen) atoms. The van der Waals surface area contributed by atoms with Gasteiger partial charge in [-0.25, -0.2) is 9.97 Å². The van der Waals surface area contributed by atoms with Gasteiger partial charge in [0.2, 0.25) is 5.95 Å². The Kier molecular flexibility index (Phi) is 6.11. The highest BCUT2D eigenvalue weighted by Gasteiger charge is 2.17. The summed E-state index contributed by atoms with van der Waals surface area (Å²) in [6.45, 7) is 1.44. The molecule has 2 aromatic carbocycles. The highest BCUT2D eigenvalue weighted by Crippen LogP contribution is 2.30. The molecule has 9 nitrogen and oxygen atoms in total. The van der Waals surface area contributed by atoms with E-state index in [2.05, 4.69) is 37.0 Å². The lowest BCUT2D eigenvalue weighted by molar-refractivity contribution is 0.0687. The molecule has 0 aliphatic carbocycles. The second-order valence-electron chi connectivity index (χ2n) is 7.68. The fraction of sp³-hybridized carbons (Fsp3) is 0.217. The van der Waals surface area contributed by atoms with Crippen molar-refractivity contribution in [2.75, 3.05) is 44.4 Å². The van der Waals surface area contributed by atoms with Crippen LogP contribution in [0.2, 0.25) is 0 Å². The van der Waals surface area contributed by atoms with Crippen LogP contribution in [0.1, 0.15) is 17.2 Å². The summed E-state index contributed by atoms with van der Waals surface area (Å²) in [6, 6.07) is 18.1. The Bertz CT molecular complexity index is 1210. The summed E-state index contributed by atoms with van der Waals surface area (Å²) in [4.78, 5) is 19.0. The summed E-state index contributed by atoms with van der Waals surface area (Å²) in [5, 5.41) is 0. The van der Waals surface area contributed by atoms with Gasteiger partial charge in [-0.05, 0) is 25.2 Å². The summed E-state index contributed by atoms with van der Waals surface area (Å²) < 4.78 is 6.24. The Morgan fingerprint density at radius 3 is 2.19 bits per heavy atom. The zero-order chi connectivity index (χ0) is 22.7. The van der Waals surface area contributed by atoms with Crippen molar-refractivity contribution in [3.63, 3.8) is 0 Å². The second kappa shape index (κ2) is 9.13. The van der Waals surface area contributed by atoms with Gasteiger partial charge in [0.25, 0.3) is 0 Å². The maximum Gasteiger partial charge on any atom is 0.224 e. The lowest BCUT2D eigenvalue weighted by Gasteiger charge is -2.20. The Balaban J connectivity index is 1.67. The Hall–Kier alpha value is -3.82. The number of likely N-dealkylation sites (N-methyl/N-ethyl adjacent to an activating group) is 1. The van der Waals surface area contributed by atoms with E-state index < -0.39 is 0 Å². The van der Waals surface area contributed by atoms with Crippen molar-refractivity contribution in [1.29, 1.82) is 0 Å². The minimum Gasteiger partial charge on any atom is -0.382 e. The van der Waals surface area contributed by atoms with Gasteiger partial charge in [-0.2, -0.15) is 9.97 Å². The average Bonchev–Trinajstić information content (AvgIpc) is 2.77. The number of hydrogen-bond acceptors (Lipinski definition) is 9. The Morgan fingerprint density at radius 1 is 0.812 bits per heavy atom. The predicted octanol–water partition coefficient (Wildman–Crippen LogP) is 2.50. The van der Waals surface area contributed by atoms with Crippen molar-refractivity contribution >= 4 is 28.7 Å². The molecule has 0 saturated heterocycles. The number of ether oxygens (including phenoxy) is 1. The molecule has 1 atom stereocenters. The van der Waals surface area contributed by atoms with Gasteiger partial charge in [0.15, 0.2) is 22.8 Å². The van der Waals surface area contributed by atoms with E-state index >= 15 is 0 Å². The monoisotopic (exact) mass is 430 g/mol. The quantitative estimate of drug-likeness (QED) is 0.403. The molecule has 0 fully saturated rings. The first-order valence-corrected chi connectivity index (χ1v) is 10.2. The predicted molar refractivity (Wildman–Crippen MR) is 127 cm³/mol. The van der Waals surface area contributed by atoms with Gasteiger partial charge in [-0.3, -0.25) is 0 Å². The number of hydrogen-bond donors (Lipinski definition) is 3. The van der Waals surface area contributed by atoms with E-state index in [0.717, 1.165) is 23.2 Å². The van der Waals surface area contributed by atoms with E-state index in [1.54, 1.807) is 0 Å². The number of benzene rings is 2. The molecule has 0 aliphatic heterocycles. The van der Waals surface area contributed by atoms with Gasteiger partial charge >= 0.3 is 0 Å². The minimum absolute atomic E-state index is 0.0297. The summed E-state index contributed by atoms with van der Waals surface area (Å²) in [5.41, 5.74) is 21.8. The SMILES string of the molecule is CN(C)CCOC(c1ccccc1)c1ccc(-c2nc3c(N)nc(N)nc3nc2N)cc1. The number of rotatable bonds is 7. The van der Waals surface area contributed by atoms with Gasteiger partial charge in [-0.15, -0.1) is 0 Å². The topological polar surface area (TPSA) is 142 Å². The van der Waals surface area contributed by atoms with Gasteiger partial charge < -0.3 is 26.8 Å². The Labute approximate surface area is 186 Å². The first-order valence-electron chi connectivity index (χ1n) is 10.2. The zero-order valence-corrected chi connectivity index (χ0v) is 18.1. The molecule has 2 aromatic heterocycles. The van der Waals surface area contributed by atoms with Crippen LogP contribution in [0.15, 0.2) is 54.6 Å².